The SMILES string of the molecule is O=C(O)C(CCCCCCCc1ccc2c(n1)NCCC2)NC(=O)[C@@H]1CCCN1Cc1ccncc1. The number of anilines is 1. The van der Waals surface area contributed by atoms with E-state index in [0.717, 1.165) is 88.0 Å². The largest absolute Gasteiger partial charge is 0.480 e. The molecule has 0 bridgehead atoms. The van der Waals surface area contributed by atoms with Gasteiger partial charge in [-0.25, -0.2) is 9.78 Å². The molecular weight excluding hydrogens is 454 g/mol. The third-order valence-corrected chi connectivity index (χ3v) is 7.29. The van der Waals surface area contributed by atoms with Crippen LogP contribution in [0.4, 0.5) is 5.82 Å². The Morgan fingerprint density at radius 2 is 1.89 bits per heavy atom. The molecule has 3 N–H and O–H groups in total. The summed E-state index contributed by atoms with van der Waals surface area (Å²) in [6, 6.07) is 7.16. The predicted octanol–water partition coefficient (Wildman–Crippen LogP) is 3.95. The zero-order chi connectivity index (χ0) is 25.2. The van der Waals surface area contributed by atoms with Crippen LogP contribution in [0.1, 0.15) is 74.6 Å². The van der Waals surface area contributed by atoms with Crippen LogP contribution < -0.4 is 10.6 Å². The molecule has 2 atom stereocenters. The molecule has 2 aliphatic heterocycles. The average molecular weight is 494 g/mol. The number of carbonyl (C=O) groups is 2. The maximum absolute atomic E-state index is 12.9. The summed E-state index contributed by atoms with van der Waals surface area (Å²) in [5, 5.41) is 15.9. The third-order valence-electron chi connectivity index (χ3n) is 7.29. The zero-order valence-electron chi connectivity index (χ0n) is 21.1. The van der Waals surface area contributed by atoms with Crippen LogP contribution in [0.3, 0.4) is 0 Å². The minimum atomic E-state index is -0.950. The number of carboxylic acid groups (broad SMARTS) is 1. The van der Waals surface area contributed by atoms with Gasteiger partial charge in [-0.1, -0.05) is 31.7 Å². The molecule has 194 valence electrons. The maximum atomic E-state index is 12.9. The summed E-state index contributed by atoms with van der Waals surface area (Å²) >= 11 is 0. The maximum Gasteiger partial charge on any atom is 0.326 e. The van der Waals surface area contributed by atoms with Gasteiger partial charge in [-0.05, 0) is 80.8 Å². The number of aryl methyl sites for hydroxylation is 2. The van der Waals surface area contributed by atoms with Crippen molar-refractivity contribution < 1.29 is 14.7 Å². The molecule has 0 saturated carbocycles. The Morgan fingerprint density at radius 3 is 2.72 bits per heavy atom. The van der Waals surface area contributed by atoms with Gasteiger partial charge in [-0.15, -0.1) is 0 Å². The van der Waals surface area contributed by atoms with Crippen molar-refractivity contribution in [2.24, 2.45) is 0 Å². The lowest BCUT2D eigenvalue weighted by atomic mass is 10.0. The van der Waals surface area contributed by atoms with Crippen LogP contribution in [0, 0.1) is 0 Å². The topological polar surface area (TPSA) is 107 Å². The lowest BCUT2D eigenvalue weighted by Crippen LogP contribution is -2.49. The van der Waals surface area contributed by atoms with Crippen molar-refractivity contribution in [2.45, 2.75) is 89.3 Å². The van der Waals surface area contributed by atoms with Crippen molar-refractivity contribution in [1.82, 2.24) is 20.2 Å². The number of nitrogens with zero attached hydrogens (tertiary/aromatic N) is 3. The minimum absolute atomic E-state index is 0.166. The molecule has 36 heavy (non-hydrogen) atoms. The van der Waals surface area contributed by atoms with E-state index in [9.17, 15) is 14.7 Å². The standard InChI is InChI=1S/C28H39N5O3/c34-27(25-11-7-19-33(25)20-21-14-17-29-18-15-21)32-24(28(35)36)10-5-3-1-2-4-9-23-13-12-22-8-6-16-30-26(22)31-23/h12-15,17-18,24-25H,1-11,16,19-20H2,(H,30,31)(H,32,34)(H,35,36)/t24?,25-/m0/s1. The number of hydrogen-bond acceptors (Lipinski definition) is 6. The lowest BCUT2D eigenvalue weighted by molar-refractivity contribution is -0.142. The smallest absolute Gasteiger partial charge is 0.326 e. The minimum Gasteiger partial charge on any atom is -0.480 e. The highest BCUT2D eigenvalue weighted by Crippen LogP contribution is 2.22. The summed E-state index contributed by atoms with van der Waals surface area (Å²) in [5.41, 5.74) is 3.57. The highest BCUT2D eigenvalue weighted by atomic mass is 16.4. The number of unbranched alkanes of at least 4 members (excludes halogenated alkanes) is 4. The number of aliphatic carboxylic acids is 1. The summed E-state index contributed by atoms with van der Waals surface area (Å²) in [6.45, 7) is 2.53. The first kappa shape index (κ1) is 26.1. The van der Waals surface area contributed by atoms with E-state index in [1.165, 1.54) is 12.0 Å². The van der Waals surface area contributed by atoms with E-state index in [0.29, 0.717) is 13.0 Å². The number of likely N-dealkylation sites (tertiary alicyclic amines) is 1. The van der Waals surface area contributed by atoms with Gasteiger partial charge in [0.25, 0.3) is 0 Å². The first-order valence-corrected chi connectivity index (χ1v) is 13.5. The first-order valence-electron chi connectivity index (χ1n) is 13.5. The first-order chi connectivity index (χ1) is 17.6. The van der Waals surface area contributed by atoms with Crippen molar-refractivity contribution >= 4 is 17.7 Å². The van der Waals surface area contributed by atoms with E-state index in [4.69, 9.17) is 4.98 Å². The molecule has 0 aliphatic carbocycles. The van der Waals surface area contributed by atoms with Gasteiger partial charge in [0.1, 0.15) is 11.9 Å². The zero-order valence-corrected chi connectivity index (χ0v) is 21.1. The Bertz CT molecular complexity index is 1000. The Balaban J connectivity index is 1.14. The van der Waals surface area contributed by atoms with Gasteiger partial charge in [-0.3, -0.25) is 14.7 Å². The van der Waals surface area contributed by atoms with Crippen molar-refractivity contribution in [3.63, 3.8) is 0 Å². The van der Waals surface area contributed by atoms with Crippen LogP contribution >= 0.6 is 0 Å². The third kappa shape index (κ3) is 7.50. The molecule has 0 spiro atoms. The fourth-order valence-corrected chi connectivity index (χ4v) is 5.25. The monoisotopic (exact) mass is 493 g/mol. The number of nitrogens with one attached hydrogen (secondary N) is 2. The number of amides is 1. The Morgan fingerprint density at radius 1 is 1.08 bits per heavy atom. The van der Waals surface area contributed by atoms with Crippen LogP contribution in [0.15, 0.2) is 36.7 Å². The summed E-state index contributed by atoms with van der Waals surface area (Å²) in [6.07, 6.45) is 13.9. The molecule has 1 unspecified atom stereocenters. The van der Waals surface area contributed by atoms with Crippen molar-refractivity contribution in [3.8, 4) is 0 Å². The summed E-state index contributed by atoms with van der Waals surface area (Å²) in [5.74, 6) is -0.0614. The van der Waals surface area contributed by atoms with Crippen LogP contribution in [0.25, 0.3) is 0 Å². The average Bonchev–Trinajstić information content (AvgIpc) is 3.36. The van der Waals surface area contributed by atoms with Gasteiger partial charge in [0.05, 0.1) is 6.04 Å². The molecule has 2 aromatic rings. The van der Waals surface area contributed by atoms with Crippen LogP contribution in [0.2, 0.25) is 0 Å². The number of fused-ring (bicyclic) bond motifs is 1. The molecule has 2 aromatic heterocycles. The lowest BCUT2D eigenvalue weighted by Gasteiger charge is -2.25. The number of aromatic nitrogens is 2. The number of carbonyl (C=O) groups excluding carboxylic acids is 1. The molecule has 1 fully saturated rings. The van der Waals surface area contributed by atoms with Gasteiger partial charge in [-0.2, -0.15) is 0 Å². The molecule has 0 aromatic carbocycles. The summed E-state index contributed by atoms with van der Waals surface area (Å²) in [7, 11) is 0. The highest BCUT2D eigenvalue weighted by molar-refractivity contribution is 5.87. The van der Waals surface area contributed by atoms with Crippen LogP contribution in [0.5, 0.6) is 0 Å². The van der Waals surface area contributed by atoms with Gasteiger partial charge < -0.3 is 15.7 Å². The van der Waals surface area contributed by atoms with E-state index in [1.54, 1.807) is 12.4 Å². The fourth-order valence-electron chi connectivity index (χ4n) is 5.25. The van der Waals surface area contributed by atoms with E-state index < -0.39 is 12.0 Å². The summed E-state index contributed by atoms with van der Waals surface area (Å²) in [4.78, 5) is 35.7. The Labute approximate surface area is 213 Å². The van der Waals surface area contributed by atoms with E-state index in [2.05, 4.69) is 32.7 Å². The molecule has 4 heterocycles. The van der Waals surface area contributed by atoms with E-state index >= 15 is 0 Å². The van der Waals surface area contributed by atoms with E-state index in [-0.39, 0.29) is 11.9 Å². The number of pyridine rings is 2. The summed E-state index contributed by atoms with van der Waals surface area (Å²) < 4.78 is 0. The van der Waals surface area contributed by atoms with Crippen molar-refractivity contribution in [3.05, 3.63) is 53.5 Å². The fraction of sp³-hybridized carbons (Fsp3) is 0.571. The Hall–Kier alpha value is -3.00. The molecule has 8 nitrogen and oxygen atoms in total. The number of carboxylic acids is 1. The predicted molar refractivity (Wildman–Crippen MR) is 140 cm³/mol. The van der Waals surface area contributed by atoms with Gasteiger partial charge in [0, 0.05) is 31.2 Å². The van der Waals surface area contributed by atoms with Crippen molar-refractivity contribution in [1.29, 1.82) is 0 Å². The number of hydrogen-bond donors (Lipinski definition) is 3. The number of rotatable bonds is 13. The highest BCUT2D eigenvalue weighted by Gasteiger charge is 2.32. The van der Waals surface area contributed by atoms with Gasteiger partial charge >= 0.3 is 5.97 Å². The normalized spacial score (nSPS) is 18.3. The second-order valence-corrected chi connectivity index (χ2v) is 10.0. The molecule has 1 amide bonds. The van der Waals surface area contributed by atoms with Crippen LogP contribution in [-0.2, 0) is 29.0 Å². The van der Waals surface area contributed by atoms with Gasteiger partial charge in [0.2, 0.25) is 5.91 Å². The molecule has 2 aliphatic rings. The quantitative estimate of drug-likeness (QED) is 0.363. The Kier molecular flexibility index (Phi) is 9.67. The molecule has 4 rings (SSSR count). The molecule has 1 saturated heterocycles. The molecule has 0 radical (unpaired) electrons. The van der Waals surface area contributed by atoms with Gasteiger partial charge in [0.15, 0.2) is 0 Å². The molecule has 8 heteroatoms. The van der Waals surface area contributed by atoms with Crippen molar-refractivity contribution in [2.75, 3.05) is 18.4 Å². The van der Waals surface area contributed by atoms with E-state index in [1.807, 2.05) is 12.1 Å². The second-order valence-electron chi connectivity index (χ2n) is 10.0. The molecular formula is C28H39N5O3. The van der Waals surface area contributed by atoms with Crippen LogP contribution in [-0.4, -0.2) is 57.0 Å². The second kappa shape index (κ2) is 13.3.